The lowest BCUT2D eigenvalue weighted by atomic mass is 10.0. The number of hydrogen-bond donors (Lipinski definition) is 2. The van der Waals surface area contributed by atoms with Gasteiger partial charge in [-0.15, -0.1) is 0 Å². The second-order valence-corrected chi connectivity index (χ2v) is 7.57. The summed E-state index contributed by atoms with van der Waals surface area (Å²) in [7, 11) is 1.74. The van der Waals surface area contributed by atoms with E-state index in [1.54, 1.807) is 7.11 Å². The summed E-state index contributed by atoms with van der Waals surface area (Å²) in [5.74, 6) is 1.61. The van der Waals surface area contributed by atoms with E-state index < -0.39 is 0 Å². The first-order valence-corrected chi connectivity index (χ1v) is 9.19. The molecular weight excluding hydrogens is 288 g/mol. The number of nitrogens with one attached hydrogen (secondary N) is 2. The van der Waals surface area contributed by atoms with Gasteiger partial charge >= 0.3 is 0 Å². The van der Waals surface area contributed by atoms with Gasteiger partial charge in [0.2, 0.25) is 0 Å². The van der Waals surface area contributed by atoms with Gasteiger partial charge in [-0.05, 0) is 59.0 Å². The first-order chi connectivity index (χ1) is 10.9. The summed E-state index contributed by atoms with van der Waals surface area (Å²) in [6.07, 6.45) is 3.91. The smallest absolute Gasteiger partial charge is 0.191 e. The fourth-order valence-corrected chi connectivity index (χ4v) is 2.90. The van der Waals surface area contributed by atoms with Crippen LogP contribution in [0.5, 0.6) is 0 Å². The van der Waals surface area contributed by atoms with Crippen molar-refractivity contribution in [3.05, 3.63) is 0 Å². The molecule has 0 bridgehead atoms. The van der Waals surface area contributed by atoms with Gasteiger partial charge < -0.3 is 15.4 Å². The van der Waals surface area contributed by atoms with Gasteiger partial charge in [0.15, 0.2) is 5.96 Å². The van der Waals surface area contributed by atoms with E-state index in [9.17, 15) is 0 Å². The number of methoxy groups -OCH3 is 1. The fourth-order valence-electron chi connectivity index (χ4n) is 2.90. The molecule has 1 fully saturated rings. The Morgan fingerprint density at radius 3 is 2.39 bits per heavy atom. The van der Waals surface area contributed by atoms with Crippen molar-refractivity contribution in [3.8, 4) is 0 Å². The molecule has 0 aromatic heterocycles. The zero-order valence-corrected chi connectivity index (χ0v) is 16.1. The third-order valence-corrected chi connectivity index (χ3v) is 4.42. The Morgan fingerprint density at radius 2 is 1.87 bits per heavy atom. The maximum atomic E-state index is 5.45. The van der Waals surface area contributed by atoms with E-state index in [4.69, 9.17) is 4.74 Å². The summed E-state index contributed by atoms with van der Waals surface area (Å²) in [4.78, 5) is 7.32. The van der Waals surface area contributed by atoms with Gasteiger partial charge in [-0.25, -0.2) is 0 Å². The van der Waals surface area contributed by atoms with Crippen LogP contribution in [0.15, 0.2) is 4.99 Å². The lowest BCUT2D eigenvalue weighted by molar-refractivity contribution is 0.0310. The van der Waals surface area contributed by atoms with Crippen molar-refractivity contribution in [2.75, 3.05) is 39.8 Å². The molecule has 1 aliphatic rings. The number of hydrogen-bond acceptors (Lipinski definition) is 3. The number of guanidine groups is 1. The third-order valence-electron chi connectivity index (χ3n) is 4.42. The van der Waals surface area contributed by atoms with E-state index in [0.717, 1.165) is 19.0 Å². The second-order valence-electron chi connectivity index (χ2n) is 7.57. The van der Waals surface area contributed by atoms with E-state index in [2.05, 4.69) is 55.1 Å². The molecule has 1 unspecified atom stereocenters. The van der Waals surface area contributed by atoms with Crippen LogP contribution >= 0.6 is 0 Å². The average molecular weight is 327 g/mol. The van der Waals surface area contributed by atoms with Crippen molar-refractivity contribution >= 4 is 5.96 Å². The molecule has 0 spiro atoms. The van der Waals surface area contributed by atoms with Crippen LogP contribution in [-0.4, -0.2) is 62.3 Å². The Hall–Kier alpha value is -0.810. The Labute approximate surface area is 143 Å². The van der Waals surface area contributed by atoms with Crippen LogP contribution in [0.4, 0.5) is 0 Å². The van der Waals surface area contributed by atoms with Crippen molar-refractivity contribution in [2.45, 2.75) is 65.5 Å². The van der Waals surface area contributed by atoms with Crippen LogP contribution in [-0.2, 0) is 4.74 Å². The molecule has 1 rings (SSSR count). The van der Waals surface area contributed by atoms with Crippen LogP contribution < -0.4 is 10.6 Å². The number of ether oxygens (including phenoxy) is 1. The van der Waals surface area contributed by atoms with E-state index in [0.29, 0.717) is 18.5 Å². The quantitative estimate of drug-likeness (QED) is 0.505. The zero-order valence-electron chi connectivity index (χ0n) is 16.1. The topological polar surface area (TPSA) is 48.9 Å². The Kier molecular flexibility index (Phi) is 8.92. The maximum absolute atomic E-state index is 5.45. The van der Waals surface area contributed by atoms with Crippen molar-refractivity contribution in [1.82, 2.24) is 15.5 Å². The SMILES string of the molecule is CCNC(=NCC(C)(C)OC)NCC(CC(C)C)N1CCCC1. The predicted octanol–water partition coefficient (Wildman–Crippen LogP) is 2.48. The molecular formula is C18H38N4O. The highest BCUT2D eigenvalue weighted by Gasteiger charge is 2.23. The number of likely N-dealkylation sites (tertiary alicyclic amines) is 1. The van der Waals surface area contributed by atoms with Crippen molar-refractivity contribution in [2.24, 2.45) is 10.9 Å². The molecule has 23 heavy (non-hydrogen) atoms. The van der Waals surface area contributed by atoms with Crippen LogP contribution in [0.2, 0.25) is 0 Å². The van der Waals surface area contributed by atoms with Crippen LogP contribution in [0, 0.1) is 5.92 Å². The van der Waals surface area contributed by atoms with Crippen LogP contribution in [0.3, 0.4) is 0 Å². The fraction of sp³-hybridized carbons (Fsp3) is 0.944. The van der Waals surface area contributed by atoms with E-state index in [1.165, 1.54) is 32.4 Å². The third kappa shape index (κ3) is 8.02. The molecule has 0 saturated carbocycles. The highest BCUT2D eigenvalue weighted by molar-refractivity contribution is 5.79. The molecule has 1 saturated heterocycles. The number of aliphatic imine (C=N–C) groups is 1. The van der Waals surface area contributed by atoms with E-state index in [-0.39, 0.29) is 5.60 Å². The number of nitrogens with zero attached hydrogens (tertiary/aromatic N) is 2. The van der Waals surface area contributed by atoms with E-state index >= 15 is 0 Å². The molecule has 0 aromatic rings. The first kappa shape index (κ1) is 20.2. The minimum absolute atomic E-state index is 0.228. The maximum Gasteiger partial charge on any atom is 0.191 e. The summed E-state index contributed by atoms with van der Waals surface area (Å²) >= 11 is 0. The van der Waals surface area contributed by atoms with Gasteiger partial charge in [-0.2, -0.15) is 0 Å². The summed E-state index contributed by atoms with van der Waals surface area (Å²) in [6, 6.07) is 0.594. The van der Waals surface area contributed by atoms with Crippen LogP contribution in [0.25, 0.3) is 0 Å². The van der Waals surface area contributed by atoms with Crippen LogP contribution in [0.1, 0.15) is 53.9 Å². The lowest BCUT2D eigenvalue weighted by Crippen LogP contribution is -2.47. The molecule has 0 radical (unpaired) electrons. The highest BCUT2D eigenvalue weighted by atomic mass is 16.5. The van der Waals surface area contributed by atoms with Gasteiger partial charge in [-0.1, -0.05) is 13.8 Å². The minimum Gasteiger partial charge on any atom is -0.377 e. The van der Waals surface area contributed by atoms with Gasteiger partial charge in [0, 0.05) is 26.2 Å². The normalized spacial score (nSPS) is 18.5. The summed E-state index contributed by atoms with van der Waals surface area (Å²) < 4.78 is 5.45. The molecule has 0 aliphatic carbocycles. The van der Waals surface area contributed by atoms with Crippen molar-refractivity contribution in [1.29, 1.82) is 0 Å². The van der Waals surface area contributed by atoms with Crippen molar-refractivity contribution < 1.29 is 4.74 Å². The highest BCUT2D eigenvalue weighted by Crippen LogP contribution is 2.17. The number of rotatable bonds is 9. The minimum atomic E-state index is -0.228. The molecule has 0 aromatic carbocycles. The Bertz CT molecular complexity index is 349. The molecule has 1 heterocycles. The second kappa shape index (κ2) is 10.1. The molecule has 5 nitrogen and oxygen atoms in total. The predicted molar refractivity (Wildman–Crippen MR) is 99.1 cm³/mol. The summed E-state index contributed by atoms with van der Waals surface area (Å²) in [5.41, 5.74) is -0.228. The molecule has 1 atom stereocenters. The Morgan fingerprint density at radius 1 is 1.22 bits per heavy atom. The lowest BCUT2D eigenvalue weighted by Gasteiger charge is -2.30. The first-order valence-electron chi connectivity index (χ1n) is 9.19. The molecule has 5 heteroatoms. The summed E-state index contributed by atoms with van der Waals surface area (Å²) in [6.45, 7) is 15.8. The average Bonchev–Trinajstić information content (AvgIpc) is 3.02. The van der Waals surface area contributed by atoms with Gasteiger partial charge in [0.1, 0.15) is 0 Å². The zero-order chi connectivity index (χ0) is 17.3. The molecule has 136 valence electrons. The standard InChI is InChI=1S/C18H38N4O/c1-7-19-17(21-14-18(4,5)23-6)20-13-16(12-15(2)3)22-10-8-9-11-22/h15-16H,7-14H2,1-6H3,(H2,19,20,21). The van der Waals surface area contributed by atoms with Gasteiger partial charge in [0.25, 0.3) is 0 Å². The van der Waals surface area contributed by atoms with Gasteiger partial charge in [0.05, 0.1) is 12.1 Å². The van der Waals surface area contributed by atoms with Crippen molar-refractivity contribution in [3.63, 3.8) is 0 Å². The largest absolute Gasteiger partial charge is 0.377 e. The summed E-state index contributed by atoms with van der Waals surface area (Å²) in [5, 5.41) is 6.88. The van der Waals surface area contributed by atoms with E-state index in [1.807, 2.05) is 0 Å². The molecule has 0 amide bonds. The monoisotopic (exact) mass is 326 g/mol. The van der Waals surface area contributed by atoms with Gasteiger partial charge in [-0.3, -0.25) is 9.89 Å². The molecule has 2 N–H and O–H groups in total. The Balaban J connectivity index is 2.60. The molecule has 1 aliphatic heterocycles.